The van der Waals surface area contributed by atoms with Gasteiger partial charge >= 0.3 is 6.09 Å². The lowest BCUT2D eigenvalue weighted by Gasteiger charge is -2.30. The van der Waals surface area contributed by atoms with Gasteiger partial charge in [0.1, 0.15) is 5.60 Å². The van der Waals surface area contributed by atoms with E-state index < -0.39 is 5.60 Å². The fourth-order valence-electron chi connectivity index (χ4n) is 1.80. The Hall–Kier alpha value is -0.480. The van der Waals surface area contributed by atoms with E-state index in [9.17, 15) is 4.79 Å². The standard InChI is InChI=1S/C11H22N2O2.ClH/c1-11(2,3)15-10(14)13-9-7-5-4-6-8(9)12;/h8-9H,4-7,12H2,1-3H3,(H,13,14);1H/t8-,9-;/m0./s1. The van der Waals surface area contributed by atoms with E-state index in [1.807, 2.05) is 20.8 Å². The van der Waals surface area contributed by atoms with Crippen molar-refractivity contribution in [2.75, 3.05) is 0 Å². The molecule has 16 heavy (non-hydrogen) atoms. The highest BCUT2D eigenvalue weighted by Crippen LogP contribution is 2.17. The summed E-state index contributed by atoms with van der Waals surface area (Å²) in [6.07, 6.45) is 3.88. The first-order chi connectivity index (χ1) is 6.88. The van der Waals surface area contributed by atoms with Crippen LogP contribution >= 0.6 is 12.4 Å². The van der Waals surface area contributed by atoms with E-state index in [1.54, 1.807) is 0 Å². The van der Waals surface area contributed by atoms with Crippen molar-refractivity contribution in [3.8, 4) is 0 Å². The van der Waals surface area contributed by atoms with Gasteiger partial charge in [0.15, 0.2) is 0 Å². The summed E-state index contributed by atoms with van der Waals surface area (Å²) in [6.45, 7) is 5.56. The Morgan fingerprint density at radius 2 is 1.88 bits per heavy atom. The highest BCUT2D eigenvalue weighted by molar-refractivity contribution is 5.85. The molecule has 0 aromatic rings. The minimum atomic E-state index is -0.442. The Kier molecular flexibility index (Phi) is 6.11. The van der Waals surface area contributed by atoms with Crippen LogP contribution in [0.3, 0.4) is 0 Å². The van der Waals surface area contributed by atoms with Gasteiger partial charge in [0.05, 0.1) is 0 Å². The third-order valence-corrected chi connectivity index (χ3v) is 2.52. The summed E-state index contributed by atoms with van der Waals surface area (Å²) in [5, 5.41) is 2.84. The number of carbonyl (C=O) groups is 1. The fraction of sp³-hybridized carbons (Fsp3) is 0.909. The van der Waals surface area contributed by atoms with Crippen LogP contribution in [0.15, 0.2) is 0 Å². The Labute approximate surface area is 104 Å². The molecular weight excluding hydrogens is 228 g/mol. The summed E-state index contributed by atoms with van der Waals surface area (Å²) in [5.41, 5.74) is 5.48. The molecule has 0 aromatic heterocycles. The topological polar surface area (TPSA) is 64.3 Å². The molecule has 4 nitrogen and oxygen atoms in total. The lowest BCUT2D eigenvalue weighted by Crippen LogP contribution is -2.50. The third-order valence-electron chi connectivity index (χ3n) is 2.52. The normalized spacial score (nSPS) is 25.5. The predicted molar refractivity (Wildman–Crippen MR) is 66.8 cm³/mol. The molecule has 0 bridgehead atoms. The molecule has 0 radical (unpaired) electrons. The van der Waals surface area contributed by atoms with Crippen LogP contribution in [0.25, 0.3) is 0 Å². The van der Waals surface area contributed by atoms with Crippen molar-refractivity contribution in [3.63, 3.8) is 0 Å². The molecule has 0 aromatic carbocycles. The first-order valence-electron chi connectivity index (χ1n) is 5.63. The lowest BCUT2D eigenvalue weighted by molar-refractivity contribution is 0.0486. The van der Waals surface area contributed by atoms with Crippen molar-refractivity contribution in [3.05, 3.63) is 0 Å². The average molecular weight is 251 g/mol. The minimum Gasteiger partial charge on any atom is -0.444 e. The van der Waals surface area contributed by atoms with E-state index in [4.69, 9.17) is 10.5 Å². The number of carbonyl (C=O) groups excluding carboxylic acids is 1. The van der Waals surface area contributed by atoms with Gasteiger partial charge in [-0.25, -0.2) is 4.79 Å². The van der Waals surface area contributed by atoms with Gasteiger partial charge in [0, 0.05) is 12.1 Å². The maximum absolute atomic E-state index is 11.5. The number of nitrogens with one attached hydrogen (secondary N) is 1. The van der Waals surface area contributed by atoms with Crippen molar-refractivity contribution in [1.82, 2.24) is 5.32 Å². The van der Waals surface area contributed by atoms with Gasteiger partial charge in [-0.3, -0.25) is 0 Å². The summed E-state index contributed by atoms with van der Waals surface area (Å²) >= 11 is 0. The Morgan fingerprint density at radius 3 is 2.38 bits per heavy atom. The molecule has 2 atom stereocenters. The highest BCUT2D eigenvalue weighted by Gasteiger charge is 2.25. The number of halogens is 1. The van der Waals surface area contributed by atoms with Gasteiger partial charge in [-0.2, -0.15) is 0 Å². The first-order valence-corrected chi connectivity index (χ1v) is 5.63. The number of amides is 1. The molecule has 1 aliphatic rings. The number of alkyl carbamates (subject to hydrolysis) is 1. The molecule has 1 fully saturated rings. The van der Waals surface area contributed by atoms with E-state index in [0.29, 0.717) is 0 Å². The molecule has 0 aliphatic heterocycles. The van der Waals surface area contributed by atoms with Crippen molar-refractivity contribution < 1.29 is 9.53 Å². The number of nitrogens with two attached hydrogens (primary N) is 1. The molecule has 0 saturated heterocycles. The molecule has 3 N–H and O–H groups in total. The molecule has 1 amide bonds. The monoisotopic (exact) mass is 250 g/mol. The molecular formula is C11H23ClN2O2. The van der Waals surface area contributed by atoms with Gasteiger partial charge in [0.2, 0.25) is 0 Å². The Bertz CT molecular complexity index is 229. The van der Waals surface area contributed by atoms with Gasteiger partial charge in [-0.15, -0.1) is 12.4 Å². The van der Waals surface area contributed by atoms with Crippen LogP contribution in [0.4, 0.5) is 4.79 Å². The first kappa shape index (κ1) is 15.5. The third kappa shape index (κ3) is 5.56. The van der Waals surface area contributed by atoms with E-state index in [2.05, 4.69) is 5.32 Å². The molecule has 0 spiro atoms. The van der Waals surface area contributed by atoms with Crippen LogP contribution in [0.5, 0.6) is 0 Å². The van der Waals surface area contributed by atoms with E-state index in [-0.39, 0.29) is 30.6 Å². The Balaban J connectivity index is 0.00000225. The van der Waals surface area contributed by atoms with Gasteiger partial charge in [-0.05, 0) is 33.6 Å². The van der Waals surface area contributed by atoms with Crippen molar-refractivity contribution in [2.24, 2.45) is 5.73 Å². The van der Waals surface area contributed by atoms with Crippen LogP contribution in [0, 0.1) is 0 Å². The zero-order valence-corrected chi connectivity index (χ0v) is 11.1. The smallest absolute Gasteiger partial charge is 0.407 e. The number of ether oxygens (including phenoxy) is 1. The SMILES string of the molecule is CC(C)(C)OC(=O)N[C@H]1CCCC[C@@H]1N.Cl. The second-order valence-electron chi connectivity index (χ2n) is 5.20. The summed E-state index contributed by atoms with van der Waals surface area (Å²) in [4.78, 5) is 11.5. The summed E-state index contributed by atoms with van der Waals surface area (Å²) in [5.74, 6) is 0. The molecule has 1 saturated carbocycles. The van der Waals surface area contributed by atoms with E-state index >= 15 is 0 Å². The van der Waals surface area contributed by atoms with Gasteiger partial charge in [-0.1, -0.05) is 12.8 Å². The van der Waals surface area contributed by atoms with Crippen LogP contribution in [0.2, 0.25) is 0 Å². The maximum Gasteiger partial charge on any atom is 0.407 e. The maximum atomic E-state index is 11.5. The predicted octanol–water partition coefficient (Wildman–Crippen LogP) is 2.20. The zero-order chi connectivity index (χ0) is 11.5. The summed E-state index contributed by atoms with van der Waals surface area (Å²) < 4.78 is 5.18. The van der Waals surface area contributed by atoms with Gasteiger partial charge in [0.25, 0.3) is 0 Å². The van der Waals surface area contributed by atoms with Gasteiger partial charge < -0.3 is 15.8 Å². The summed E-state index contributed by atoms with van der Waals surface area (Å²) in [6, 6.07) is 0.153. The van der Waals surface area contributed by atoms with E-state index in [0.717, 1.165) is 25.7 Å². The van der Waals surface area contributed by atoms with Crippen LogP contribution in [-0.4, -0.2) is 23.8 Å². The molecule has 0 heterocycles. The zero-order valence-electron chi connectivity index (χ0n) is 10.3. The van der Waals surface area contributed by atoms with E-state index in [1.165, 1.54) is 0 Å². The largest absolute Gasteiger partial charge is 0.444 e. The molecule has 0 unspecified atom stereocenters. The van der Waals surface area contributed by atoms with Crippen molar-refractivity contribution in [2.45, 2.75) is 64.1 Å². The van der Waals surface area contributed by atoms with Crippen molar-refractivity contribution >= 4 is 18.5 Å². The quantitative estimate of drug-likeness (QED) is 0.750. The second kappa shape index (κ2) is 6.30. The van der Waals surface area contributed by atoms with Crippen LogP contribution in [0.1, 0.15) is 46.5 Å². The average Bonchev–Trinajstić information content (AvgIpc) is 2.05. The lowest BCUT2D eigenvalue weighted by atomic mass is 9.91. The second-order valence-corrected chi connectivity index (χ2v) is 5.20. The van der Waals surface area contributed by atoms with Crippen LogP contribution < -0.4 is 11.1 Å². The van der Waals surface area contributed by atoms with Crippen LogP contribution in [-0.2, 0) is 4.74 Å². The Morgan fingerprint density at radius 1 is 1.31 bits per heavy atom. The highest BCUT2D eigenvalue weighted by atomic mass is 35.5. The van der Waals surface area contributed by atoms with Crippen molar-refractivity contribution in [1.29, 1.82) is 0 Å². The summed E-state index contributed by atoms with van der Waals surface area (Å²) in [7, 11) is 0. The number of hydrogen-bond acceptors (Lipinski definition) is 3. The fourth-order valence-corrected chi connectivity index (χ4v) is 1.80. The number of hydrogen-bond donors (Lipinski definition) is 2. The molecule has 1 rings (SSSR count). The molecule has 1 aliphatic carbocycles. The molecule has 96 valence electrons. The minimum absolute atomic E-state index is 0. The molecule has 5 heteroatoms. The number of rotatable bonds is 1.